The minimum Gasteiger partial charge on any atom is -0.143 e. The van der Waals surface area contributed by atoms with Crippen molar-refractivity contribution in [3.63, 3.8) is 0 Å². The lowest BCUT2D eigenvalue weighted by Crippen LogP contribution is -1.84. The molecular weight excluding hydrogens is 200 g/mol. The van der Waals surface area contributed by atoms with E-state index in [1.165, 1.54) is 11.1 Å². The molecule has 2 heteroatoms. The van der Waals surface area contributed by atoms with Crippen LogP contribution in [0.15, 0.2) is 35.7 Å². The van der Waals surface area contributed by atoms with Gasteiger partial charge in [0.15, 0.2) is 0 Å². The Balaban J connectivity index is 2.19. The summed E-state index contributed by atoms with van der Waals surface area (Å²) in [6.45, 7) is 0. The van der Waals surface area contributed by atoms with E-state index in [9.17, 15) is 0 Å². The molecule has 65 valence electrons. The van der Waals surface area contributed by atoms with Gasteiger partial charge in [-0.3, -0.25) is 0 Å². The summed E-state index contributed by atoms with van der Waals surface area (Å²) < 4.78 is 0. The van der Waals surface area contributed by atoms with Crippen molar-refractivity contribution in [3.8, 4) is 0 Å². The molecule has 0 N–H and O–H groups in total. The number of rotatable bonds is 2. The zero-order valence-electron chi connectivity index (χ0n) is 6.96. The van der Waals surface area contributed by atoms with Crippen molar-refractivity contribution in [2.24, 2.45) is 0 Å². The Kier molecular flexibility index (Phi) is 2.67. The lowest BCUT2D eigenvalue weighted by atomic mass is 10.1. The molecule has 0 nitrogen and oxygen atoms in total. The van der Waals surface area contributed by atoms with Crippen LogP contribution in [-0.4, -0.2) is 0 Å². The molecule has 2 aromatic rings. The van der Waals surface area contributed by atoms with E-state index in [0.717, 1.165) is 11.4 Å². The molecule has 0 amide bonds. The predicted molar refractivity (Wildman–Crippen MR) is 57.4 cm³/mol. The fourth-order valence-electron chi connectivity index (χ4n) is 1.22. The van der Waals surface area contributed by atoms with Crippen LogP contribution in [0.25, 0.3) is 0 Å². The van der Waals surface area contributed by atoms with Crippen LogP contribution in [0.1, 0.15) is 11.1 Å². The maximum Gasteiger partial charge on any atom is 0.0480 e. The molecule has 0 saturated heterocycles. The van der Waals surface area contributed by atoms with Crippen LogP contribution in [-0.2, 0) is 6.42 Å². The van der Waals surface area contributed by atoms with Gasteiger partial charge in [0.25, 0.3) is 0 Å². The number of hydrogen-bond donors (Lipinski definition) is 0. The maximum atomic E-state index is 5.88. The van der Waals surface area contributed by atoms with Crippen molar-refractivity contribution >= 4 is 22.9 Å². The summed E-state index contributed by atoms with van der Waals surface area (Å²) >= 11 is 7.48. The molecule has 0 fully saturated rings. The Bertz CT molecular complexity index is 379. The van der Waals surface area contributed by atoms with Crippen molar-refractivity contribution in [3.05, 3.63) is 57.2 Å². The molecule has 1 aromatic carbocycles. The van der Waals surface area contributed by atoms with Crippen molar-refractivity contribution in [1.82, 2.24) is 0 Å². The van der Waals surface area contributed by atoms with Crippen molar-refractivity contribution < 1.29 is 0 Å². The highest BCUT2D eigenvalue weighted by atomic mass is 35.5. The Morgan fingerprint density at radius 1 is 1.31 bits per heavy atom. The number of hydrogen-bond acceptors (Lipinski definition) is 1. The molecule has 0 aliphatic rings. The molecular formula is C11H8ClS. The smallest absolute Gasteiger partial charge is 0.0480 e. The van der Waals surface area contributed by atoms with Crippen molar-refractivity contribution in [2.75, 3.05) is 0 Å². The molecule has 0 unspecified atom stereocenters. The van der Waals surface area contributed by atoms with Gasteiger partial charge in [-0.25, -0.2) is 0 Å². The highest BCUT2D eigenvalue weighted by Gasteiger charge is 1.97. The van der Waals surface area contributed by atoms with Gasteiger partial charge in [-0.05, 0) is 41.1 Å². The summed E-state index contributed by atoms with van der Waals surface area (Å²) in [5.74, 6) is 0. The van der Waals surface area contributed by atoms with Crippen LogP contribution in [0.3, 0.4) is 0 Å². The Hall–Kier alpha value is -0.790. The lowest BCUT2D eigenvalue weighted by molar-refractivity contribution is 1.21. The molecule has 1 heterocycles. The Morgan fingerprint density at radius 3 is 2.92 bits per heavy atom. The molecule has 0 atom stereocenters. The number of halogens is 1. The summed E-state index contributed by atoms with van der Waals surface area (Å²) in [5, 5.41) is 6.04. The molecule has 0 spiro atoms. The quantitative estimate of drug-likeness (QED) is 0.703. The van der Waals surface area contributed by atoms with E-state index in [4.69, 9.17) is 11.6 Å². The third-order valence-electron chi connectivity index (χ3n) is 1.81. The summed E-state index contributed by atoms with van der Waals surface area (Å²) in [4.78, 5) is 0. The fraction of sp³-hybridized carbons (Fsp3) is 0.0909. The molecule has 0 aliphatic carbocycles. The molecule has 2 rings (SSSR count). The van der Waals surface area contributed by atoms with E-state index in [0.29, 0.717) is 0 Å². The standard InChI is InChI=1S/C11H8ClS/c12-11-3-1-2-9(7-11)6-10-4-5-13-8-10/h1-5,7H,6H2. The second-order valence-corrected chi connectivity index (χ2v) is 4.00. The third kappa shape index (κ3) is 2.33. The van der Waals surface area contributed by atoms with Crippen LogP contribution in [0.4, 0.5) is 0 Å². The average Bonchev–Trinajstić information content (AvgIpc) is 2.57. The molecule has 0 saturated carbocycles. The second-order valence-electron chi connectivity index (χ2n) is 2.85. The van der Waals surface area contributed by atoms with E-state index in [1.807, 2.05) is 23.6 Å². The Labute approximate surface area is 86.8 Å². The van der Waals surface area contributed by atoms with Gasteiger partial charge in [-0.15, -0.1) is 11.3 Å². The minimum absolute atomic E-state index is 0.799. The fourth-order valence-corrected chi connectivity index (χ4v) is 2.03. The monoisotopic (exact) mass is 207 g/mol. The SMILES string of the molecule is Clc1cccc(Cc2[c]scc2)c1. The van der Waals surface area contributed by atoms with E-state index in [1.54, 1.807) is 11.3 Å². The molecule has 13 heavy (non-hydrogen) atoms. The first-order chi connectivity index (χ1) is 6.34. The summed E-state index contributed by atoms with van der Waals surface area (Å²) in [5.41, 5.74) is 2.47. The first-order valence-corrected chi connectivity index (χ1v) is 5.29. The highest BCUT2D eigenvalue weighted by molar-refractivity contribution is 7.07. The first-order valence-electron chi connectivity index (χ1n) is 4.03. The van der Waals surface area contributed by atoms with E-state index in [2.05, 4.69) is 17.5 Å². The minimum atomic E-state index is 0.799. The zero-order chi connectivity index (χ0) is 9.10. The van der Waals surface area contributed by atoms with Crippen LogP contribution in [0.5, 0.6) is 0 Å². The number of benzene rings is 1. The first kappa shape index (κ1) is 8.79. The van der Waals surface area contributed by atoms with E-state index >= 15 is 0 Å². The topological polar surface area (TPSA) is 0 Å². The average molecular weight is 208 g/mol. The molecule has 1 radical (unpaired) electrons. The van der Waals surface area contributed by atoms with Gasteiger partial charge in [0.2, 0.25) is 0 Å². The van der Waals surface area contributed by atoms with Gasteiger partial charge in [0, 0.05) is 10.4 Å². The van der Waals surface area contributed by atoms with Gasteiger partial charge in [-0.2, -0.15) is 0 Å². The number of thiophene rings is 1. The summed E-state index contributed by atoms with van der Waals surface area (Å²) in [7, 11) is 0. The van der Waals surface area contributed by atoms with Gasteiger partial charge in [0.05, 0.1) is 0 Å². The van der Waals surface area contributed by atoms with Gasteiger partial charge in [-0.1, -0.05) is 23.7 Å². The van der Waals surface area contributed by atoms with Crippen molar-refractivity contribution in [1.29, 1.82) is 0 Å². The van der Waals surface area contributed by atoms with Gasteiger partial charge in [0.1, 0.15) is 0 Å². The van der Waals surface area contributed by atoms with Crippen molar-refractivity contribution in [2.45, 2.75) is 6.42 Å². The molecule has 0 bridgehead atoms. The second kappa shape index (κ2) is 3.95. The molecule has 0 aliphatic heterocycles. The third-order valence-corrected chi connectivity index (χ3v) is 2.70. The zero-order valence-corrected chi connectivity index (χ0v) is 8.53. The van der Waals surface area contributed by atoms with Crippen LogP contribution >= 0.6 is 22.9 Å². The maximum absolute atomic E-state index is 5.88. The van der Waals surface area contributed by atoms with Gasteiger partial charge >= 0.3 is 0 Å². The molecule has 1 aromatic heterocycles. The van der Waals surface area contributed by atoms with E-state index < -0.39 is 0 Å². The summed E-state index contributed by atoms with van der Waals surface area (Å²) in [6, 6.07) is 10.0. The predicted octanol–water partition coefficient (Wildman–Crippen LogP) is 3.79. The van der Waals surface area contributed by atoms with E-state index in [-0.39, 0.29) is 0 Å². The van der Waals surface area contributed by atoms with Crippen LogP contribution in [0.2, 0.25) is 5.02 Å². The summed E-state index contributed by atoms with van der Waals surface area (Å²) in [6.07, 6.45) is 0.921. The van der Waals surface area contributed by atoms with Crippen LogP contribution in [0, 0.1) is 5.38 Å². The Morgan fingerprint density at radius 2 is 2.23 bits per heavy atom. The normalized spacial score (nSPS) is 10.2. The highest BCUT2D eigenvalue weighted by Crippen LogP contribution is 2.15. The largest absolute Gasteiger partial charge is 0.143 e. The lowest BCUT2D eigenvalue weighted by Gasteiger charge is -1.98. The van der Waals surface area contributed by atoms with Crippen LogP contribution < -0.4 is 0 Å². The van der Waals surface area contributed by atoms with Gasteiger partial charge < -0.3 is 0 Å².